The van der Waals surface area contributed by atoms with Crippen molar-refractivity contribution in [2.75, 3.05) is 10.6 Å². The number of anilines is 1. The van der Waals surface area contributed by atoms with Crippen LogP contribution in [0.4, 0.5) is 10.1 Å². The second kappa shape index (κ2) is 8.26. The summed E-state index contributed by atoms with van der Waals surface area (Å²) < 4.78 is 46.4. The Hall–Kier alpha value is -2.61. The SMILES string of the molecule is CC[C@@H](C(=O)N[C@@H]1CC(C)(C)Oc2ccccc21)N(c1ccccc1F)S(C)(=O)=O. The number of nitrogens with zero attached hydrogens (tertiary/aromatic N) is 1. The Labute approximate surface area is 177 Å². The fraction of sp³-hybridized carbons (Fsp3) is 0.409. The van der Waals surface area contributed by atoms with Gasteiger partial charge in [-0.15, -0.1) is 0 Å². The average Bonchev–Trinajstić information content (AvgIpc) is 2.65. The quantitative estimate of drug-likeness (QED) is 0.751. The first-order valence-electron chi connectivity index (χ1n) is 9.86. The van der Waals surface area contributed by atoms with Gasteiger partial charge < -0.3 is 10.1 Å². The summed E-state index contributed by atoms with van der Waals surface area (Å²) in [6, 6.07) is 11.5. The number of ether oxygens (including phenoxy) is 1. The number of benzene rings is 2. The summed E-state index contributed by atoms with van der Waals surface area (Å²) in [5, 5.41) is 2.98. The summed E-state index contributed by atoms with van der Waals surface area (Å²) in [4.78, 5) is 13.3. The molecule has 0 unspecified atom stereocenters. The molecule has 1 heterocycles. The van der Waals surface area contributed by atoms with Crippen LogP contribution in [-0.4, -0.2) is 32.2 Å². The summed E-state index contributed by atoms with van der Waals surface area (Å²) in [6.07, 6.45) is 1.68. The molecule has 8 heteroatoms. The monoisotopic (exact) mass is 434 g/mol. The zero-order valence-electron chi connectivity index (χ0n) is 17.6. The molecular formula is C22H27FN2O4S. The summed E-state index contributed by atoms with van der Waals surface area (Å²) in [5.74, 6) is -0.503. The summed E-state index contributed by atoms with van der Waals surface area (Å²) in [6.45, 7) is 5.56. The Morgan fingerprint density at radius 2 is 1.87 bits per heavy atom. The maximum absolute atomic E-state index is 14.4. The van der Waals surface area contributed by atoms with Gasteiger partial charge in [0.2, 0.25) is 15.9 Å². The molecule has 0 bridgehead atoms. The lowest BCUT2D eigenvalue weighted by Crippen LogP contribution is -2.51. The molecule has 6 nitrogen and oxygen atoms in total. The van der Waals surface area contributed by atoms with Gasteiger partial charge in [0.1, 0.15) is 23.2 Å². The lowest BCUT2D eigenvalue weighted by Gasteiger charge is -2.39. The maximum Gasteiger partial charge on any atom is 0.244 e. The van der Waals surface area contributed by atoms with Crippen molar-refractivity contribution in [2.45, 2.75) is 51.3 Å². The highest BCUT2D eigenvalue weighted by Gasteiger charge is 2.38. The number of halogens is 1. The predicted molar refractivity (Wildman–Crippen MR) is 114 cm³/mol. The maximum atomic E-state index is 14.4. The number of amides is 1. The average molecular weight is 435 g/mol. The second-order valence-corrected chi connectivity index (χ2v) is 9.96. The van der Waals surface area contributed by atoms with Gasteiger partial charge in [-0.3, -0.25) is 9.10 Å². The van der Waals surface area contributed by atoms with E-state index in [0.29, 0.717) is 12.2 Å². The van der Waals surface area contributed by atoms with E-state index in [1.165, 1.54) is 18.2 Å². The van der Waals surface area contributed by atoms with Gasteiger partial charge in [0.05, 0.1) is 18.0 Å². The Morgan fingerprint density at radius 1 is 1.23 bits per heavy atom. The molecule has 1 aliphatic rings. The third-order valence-electron chi connectivity index (χ3n) is 5.11. The first-order chi connectivity index (χ1) is 14.0. The van der Waals surface area contributed by atoms with Gasteiger partial charge in [-0.1, -0.05) is 37.3 Å². The fourth-order valence-electron chi connectivity index (χ4n) is 3.86. The summed E-state index contributed by atoms with van der Waals surface area (Å²) in [5.41, 5.74) is 0.183. The van der Waals surface area contributed by atoms with Crippen molar-refractivity contribution < 1.29 is 22.3 Å². The van der Waals surface area contributed by atoms with Crippen LogP contribution in [0.25, 0.3) is 0 Å². The predicted octanol–water partition coefficient (Wildman–Crippen LogP) is 3.79. The first kappa shape index (κ1) is 22.1. The van der Waals surface area contributed by atoms with Crippen LogP contribution in [0.5, 0.6) is 5.75 Å². The Balaban J connectivity index is 1.95. The largest absolute Gasteiger partial charge is 0.487 e. The Bertz CT molecular complexity index is 1040. The van der Waals surface area contributed by atoms with E-state index in [0.717, 1.165) is 16.1 Å². The van der Waals surface area contributed by atoms with Crippen molar-refractivity contribution in [2.24, 2.45) is 0 Å². The molecule has 0 radical (unpaired) electrons. The molecule has 162 valence electrons. The lowest BCUT2D eigenvalue weighted by molar-refractivity contribution is -0.123. The molecule has 0 saturated heterocycles. The van der Waals surface area contributed by atoms with Crippen LogP contribution in [0.3, 0.4) is 0 Å². The van der Waals surface area contributed by atoms with Crippen molar-refractivity contribution in [3.8, 4) is 5.75 Å². The molecule has 1 amide bonds. The molecule has 0 fully saturated rings. The highest BCUT2D eigenvalue weighted by Crippen LogP contribution is 2.39. The highest BCUT2D eigenvalue weighted by molar-refractivity contribution is 7.92. The van der Waals surface area contributed by atoms with E-state index in [2.05, 4.69) is 5.32 Å². The van der Waals surface area contributed by atoms with Gasteiger partial charge in [-0.25, -0.2) is 12.8 Å². The van der Waals surface area contributed by atoms with Gasteiger partial charge in [-0.2, -0.15) is 0 Å². The van der Waals surface area contributed by atoms with Crippen LogP contribution in [0.15, 0.2) is 48.5 Å². The normalized spacial score (nSPS) is 18.6. The molecule has 1 aliphatic heterocycles. The fourth-order valence-corrected chi connectivity index (χ4v) is 5.08. The number of carbonyl (C=O) groups is 1. The van der Waals surface area contributed by atoms with Crippen LogP contribution in [0.1, 0.15) is 45.2 Å². The molecule has 30 heavy (non-hydrogen) atoms. The van der Waals surface area contributed by atoms with E-state index >= 15 is 0 Å². The van der Waals surface area contributed by atoms with E-state index in [1.807, 2.05) is 38.1 Å². The third-order valence-corrected chi connectivity index (χ3v) is 6.28. The van der Waals surface area contributed by atoms with Gasteiger partial charge >= 0.3 is 0 Å². The van der Waals surface area contributed by atoms with Crippen LogP contribution >= 0.6 is 0 Å². The van der Waals surface area contributed by atoms with Crippen LogP contribution in [-0.2, 0) is 14.8 Å². The van der Waals surface area contributed by atoms with Gasteiger partial charge in [0, 0.05) is 12.0 Å². The Morgan fingerprint density at radius 3 is 2.50 bits per heavy atom. The minimum atomic E-state index is -3.91. The number of nitrogens with one attached hydrogen (secondary N) is 1. The Kier molecular flexibility index (Phi) is 6.08. The van der Waals surface area contributed by atoms with Crippen molar-refractivity contribution >= 4 is 21.6 Å². The molecule has 0 saturated carbocycles. The molecule has 2 aromatic rings. The van der Waals surface area contributed by atoms with Crippen LogP contribution < -0.4 is 14.4 Å². The van der Waals surface area contributed by atoms with E-state index in [1.54, 1.807) is 13.0 Å². The standard InChI is InChI=1S/C22H27FN2O4S/c1-5-18(25(30(4,27)28)19-12-8-7-11-16(19)23)21(26)24-17-14-22(2,3)29-20-13-9-6-10-15(17)20/h6-13,17-18H,5,14H2,1-4H3,(H,24,26)/t17-,18+/m1/s1. The lowest BCUT2D eigenvalue weighted by atomic mass is 9.89. The summed E-state index contributed by atoms with van der Waals surface area (Å²) >= 11 is 0. The van der Waals surface area contributed by atoms with Crippen LogP contribution in [0.2, 0.25) is 0 Å². The van der Waals surface area contributed by atoms with Gasteiger partial charge in [0.25, 0.3) is 0 Å². The number of rotatable bonds is 6. The van der Waals surface area contributed by atoms with Gasteiger partial charge in [0.15, 0.2) is 0 Å². The van der Waals surface area contributed by atoms with E-state index in [-0.39, 0.29) is 18.2 Å². The highest BCUT2D eigenvalue weighted by atomic mass is 32.2. The molecule has 0 aliphatic carbocycles. The zero-order valence-corrected chi connectivity index (χ0v) is 18.4. The van der Waals surface area contributed by atoms with Crippen molar-refractivity contribution in [3.05, 3.63) is 59.9 Å². The first-order valence-corrected chi connectivity index (χ1v) is 11.7. The van der Waals surface area contributed by atoms with Crippen molar-refractivity contribution in [1.82, 2.24) is 5.32 Å². The number of carbonyl (C=O) groups excluding carboxylic acids is 1. The molecule has 2 aromatic carbocycles. The third kappa shape index (κ3) is 4.59. The minimum absolute atomic E-state index is 0.144. The molecule has 1 N–H and O–H groups in total. The minimum Gasteiger partial charge on any atom is -0.487 e. The van der Waals surface area contributed by atoms with E-state index in [4.69, 9.17) is 4.74 Å². The molecule has 0 aromatic heterocycles. The molecule has 2 atom stereocenters. The summed E-state index contributed by atoms with van der Waals surface area (Å²) in [7, 11) is -3.91. The number of sulfonamides is 1. The van der Waals surface area contributed by atoms with Crippen molar-refractivity contribution in [1.29, 1.82) is 0 Å². The molecule has 0 spiro atoms. The number of para-hydroxylation sites is 2. The van der Waals surface area contributed by atoms with Crippen LogP contribution in [0, 0.1) is 5.82 Å². The number of hydrogen-bond acceptors (Lipinski definition) is 4. The van der Waals surface area contributed by atoms with Gasteiger partial charge in [-0.05, 0) is 38.5 Å². The molecular weight excluding hydrogens is 407 g/mol. The zero-order chi connectivity index (χ0) is 22.1. The number of fused-ring (bicyclic) bond motifs is 1. The topological polar surface area (TPSA) is 75.7 Å². The second-order valence-electron chi connectivity index (χ2n) is 8.10. The van der Waals surface area contributed by atoms with E-state index < -0.39 is 33.4 Å². The molecule has 3 rings (SSSR count). The van der Waals surface area contributed by atoms with E-state index in [9.17, 15) is 17.6 Å². The van der Waals surface area contributed by atoms with Crippen molar-refractivity contribution in [3.63, 3.8) is 0 Å². The smallest absolute Gasteiger partial charge is 0.244 e. The number of hydrogen-bond donors (Lipinski definition) is 1.